The zero-order valence-corrected chi connectivity index (χ0v) is 15.1. The van der Waals surface area contributed by atoms with Crippen molar-refractivity contribution in [3.63, 3.8) is 0 Å². The second-order valence-corrected chi connectivity index (χ2v) is 6.55. The molecule has 1 amide bonds. The second kappa shape index (κ2) is 7.39. The van der Waals surface area contributed by atoms with E-state index >= 15 is 0 Å². The van der Waals surface area contributed by atoms with E-state index in [2.05, 4.69) is 39.4 Å². The minimum Gasteiger partial charge on any atom is -0.396 e. The van der Waals surface area contributed by atoms with Crippen molar-refractivity contribution in [2.24, 2.45) is 5.73 Å². The van der Waals surface area contributed by atoms with E-state index in [1.807, 2.05) is 32.3 Å². The van der Waals surface area contributed by atoms with Crippen LogP contribution in [0, 0.1) is 0 Å². The molecule has 0 saturated carbocycles. The molecule has 134 valence electrons. The van der Waals surface area contributed by atoms with Crippen molar-refractivity contribution in [1.29, 1.82) is 0 Å². The molecule has 6 nitrogen and oxygen atoms in total. The summed E-state index contributed by atoms with van der Waals surface area (Å²) in [5, 5.41) is 8.81. The highest BCUT2D eigenvalue weighted by Gasteiger charge is 2.14. The maximum absolute atomic E-state index is 11.4. The monoisotopic (exact) mass is 349 g/mol. The quantitative estimate of drug-likeness (QED) is 0.712. The number of aromatic nitrogens is 2. The Kier molecular flexibility index (Phi) is 5.02. The number of hydrogen-bond donors (Lipinski definition) is 2. The molecule has 4 N–H and O–H groups in total. The fourth-order valence-electron chi connectivity index (χ4n) is 3.04. The number of amides is 1. The molecule has 0 aliphatic heterocycles. The molecule has 0 fully saturated rings. The standard InChI is InChI=1S/C20H23N5O/c1-25(2)15-11-9-13(10-12-15)5-3-6-14-7-4-8-16-17(21)19(20(22)26)24-23-18(14)16/h4,7-12H,3,5-6H2,1-2H3,(H2,21,23)(H2,22,26). The Bertz CT molecular complexity index is 935. The first kappa shape index (κ1) is 17.7. The second-order valence-electron chi connectivity index (χ2n) is 6.55. The van der Waals surface area contributed by atoms with Gasteiger partial charge in [0.2, 0.25) is 0 Å². The third-order valence-electron chi connectivity index (χ3n) is 4.51. The maximum atomic E-state index is 11.4. The van der Waals surface area contributed by atoms with Gasteiger partial charge in [-0.2, -0.15) is 0 Å². The summed E-state index contributed by atoms with van der Waals surface area (Å²) in [6.45, 7) is 0. The first-order valence-electron chi connectivity index (χ1n) is 8.57. The lowest BCUT2D eigenvalue weighted by molar-refractivity contribution is 0.0996. The maximum Gasteiger partial charge on any atom is 0.271 e. The highest BCUT2D eigenvalue weighted by Crippen LogP contribution is 2.25. The van der Waals surface area contributed by atoms with E-state index < -0.39 is 5.91 Å². The van der Waals surface area contributed by atoms with Crippen LogP contribution in [0.2, 0.25) is 0 Å². The van der Waals surface area contributed by atoms with Gasteiger partial charge in [-0.15, -0.1) is 10.2 Å². The summed E-state index contributed by atoms with van der Waals surface area (Å²) < 4.78 is 0. The first-order chi connectivity index (χ1) is 12.5. The molecule has 2 aromatic carbocycles. The van der Waals surface area contributed by atoms with Crippen molar-refractivity contribution >= 4 is 28.2 Å². The van der Waals surface area contributed by atoms with E-state index in [0.29, 0.717) is 5.69 Å². The van der Waals surface area contributed by atoms with Crippen molar-refractivity contribution in [3.8, 4) is 0 Å². The zero-order chi connectivity index (χ0) is 18.7. The van der Waals surface area contributed by atoms with Crippen LogP contribution in [0.4, 0.5) is 11.4 Å². The lowest BCUT2D eigenvalue weighted by Crippen LogP contribution is -2.17. The Balaban J connectivity index is 1.75. The highest BCUT2D eigenvalue weighted by molar-refractivity contribution is 6.04. The van der Waals surface area contributed by atoms with Gasteiger partial charge in [0.1, 0.15) is 0 Å². The van der Waals surface area contributed by atoms with E-state index in [1.165, 1.54) is 11.3 Å². The summed E-state index contributed by atoms with van der Waals surface area (Å²) in [7, 11) is 4.07. The van der Waals surface area contributed by atoms with Gasteiger partial charge in [0.25, 0.3) is 5.91 Å². The van der Waals surface area contributed by atoms with Crippen molar-refractivity contribution in [2.45, 2.75) is 19.3 Å². The van der Waals surface area contributed by atoms with Crippen molar-refractivity contribution in [2.75, 3.05) is 24.7 Å². The number of nitrogens with zero attached hydrogens (tertiary/aromatic N) is 3. The average Bonchev–Trinajstić information content (AvgIpc) is 2.62. The molecular formula is C20H23N5O. The number of aryl methyl sites for hydroxylation is 2. The topological polar surface area (TPSA) is 98.1 Å². The van der Waals surface area contributed by atoms with Gasteiger partial charge >= 0.3 is 0 Å². The predicted molar refractivity (Wildman–Crippen MR) is 105 cm³/mol. The SMILES string of the molecule is CN(C)c1ccc(CCCc2cccc3c(N)c(C(N)=O)nnc23)cc1. The zero-order valence-electron chi connectivity index (χ0n) is 15.1. The van der Waals surface area contributed by atoms with Crippen LogP contribution in [0.1, 0.15) is 28.0 Å². The Morgan fingerprint density at radius 3 is 2.42 bits per heavy atom. The van der Waals surface area contributed by atoms with Crippen molar-refractivity contribution in [1.82, 2.24) is 10.2 Å². The number of primary amides is 1. The lowest BCUT2D eigenvalue weighted by Gasteiger charge is -2.12. The van der Waals surface area contributed by atoms with Gasteiger partial charge < -0.3 is 16.4 Å². The predicted octanol–water partition coefficient (Wildman–Crippen LogP) is 2.55. The van der Waals surface area contributed by atoms with E-state index in [4.69, 9.17) is 11.5 Å². The number of benzene rings is 2. The summed E-state index contributed by atoms with van der Waals surface area (Å²) in [6.07, 6.45) is 2.82. The molecule has 0 spiro atoms. The van der Waals surface area contributed by atoms with Gasteiger partial charge in [-0.3, -0.25) is 4.79 Å². The van der Waals surface area contributed by atoms with Crippen LogP contribution in [-0.2, 0) is 12.8 Å². The van der Waals surface area contributed by atoms with Gasteiger partial charge in [-0.1, -0.05) is 30.3 Å². The smallest absolute Gasteiger partial charge is 0.271 e. The van der Waals surface area contributed by atoms with E-state index in [9.17, 15) is 4.79 Å². The highest BCUT2D eigenvalue weighted by atomic mass is 16.1. The third-order valence-corrected chi connectivity index (χ3v) is 4.51. The van der Waals surface area contributed by atoms with Gasteiger partial charge in [0.15, 0.2) is 5.69 Å². The molecule has 1 heterocycles. The third kappa shape index (κ3) is 3.59. The Labute approximate surface area is 152 Å². The molecule has 0 bridgehead atoms. The number of rotatable bonds is 6. The largest absolute Gasteiger partial charge is 0.396 e. The Morgan fingerprint density at radius 2 is 1.77 bits per heavy atom. The van der Waals surface area contributed by atoms with Gasteiger partial charge in [-0.25, -0.2) is 0 Å². The van der Waals surface area contributed by atoms with Gasteiger partial charge in [0.05, 0.1) is 11.2 Å². The Morgan fingerprint density at radius 1 is 1.04 bits per heavy atom. The Hall–Kier alpha value is -3.15. The molecule has 26 heavy (non-hydrogen) atoms. The number of nitrogen functional groups attached to an aromatic ring is 1. The van der Waals surface area contributed by atoms with E-state index in [1.54, 1.807) is 0 Å². The van der Waals surface area contributed by atoms with Crippen LogP contribution in [0.5, 0.6) is 0 Å². The summed E-state index contributed by atoms with van der Waals surface area (Å²) in [5.74, 6) is -0.663. The molecule has 0 saturated heterocycles. The summed E-state index contributed by atoms with van der Waals surface area (Å²) >= 11 is 0. The van der Waals surface area contributed by atoms with Crippen LogP contribution in [0.15, 0.2) is 42.5 Å². The molecule has 0 unspecified atom stereocenters. The van der Waals surface area contributed by atoms with E-state index in [-0.39, 0.29) is 5.69 Å². The van der Waals surface area contributed by atoms with Crippen LogP contribution in [-0.4, -0.2) is 30.2 Å². The van der Waals surface area contributed by atoms with Gasteiger partial charge in [0, 0.05) is 25.2 Å². The minimum atomic E-state index is -0.663. The molecule has 0 aliphatic rings. The fraction of sp³-hybridized carbons (Fsp3) is 0.250. The first-order valence-corrected chi connectivity index (χ1v) is 8.57. The van der Waals surface area contributed by atoms with Gasteiger partial charge in [-0.05, 0) is 42.5 Å². The van der Waals surface area contributed by atoms with Crippen LogP contribution < -0.4 is 16.4 Å². The number of nitrogens with two attached hydrogens (primary N) is 2. The molecule has 0 aliphatic carbocycles. The van der Waals surface area contributed by atoms with Crippen LogP contribution >= 0.6 is 0 Å². The molecule has 1 aromatic heterocycles. The number of hydrogen-bond acceptors (Lipinski definition) is 5. The van der Waals surface area contributed by atoms with Crippen molar-refractivity contribution < 1.29 is 4.79 Å². The molecular weight excluding hydrogens is 326 g/mol. The fourth-order valence-corrected chi connectivity index (χ4v) is 3.04. The van der Waals surface area contributed by atoms with Crippen LogP contribution in [0.25, 0.3) is 10.9 Å². The lowest BCUT2D eigenvalue weighted by atomic mass is 10.0. The van der Waals surface area contributed by atoms with Crippen LogP contribution in [0.3, 0.4) is 0 Å². The molecule has 0 radical (unpaired) electrons. The van der Waals surface area contributed by atoms with Crippen molar-refractivity contribution in [3.05, 3.63) is 59.3 Å². The molecule has 3 rings (SSSR count). The number of carbonyl (C=O) groups excluding carboxylic acids is 1. The molecule has 6 heteroatoms. The number of carbonyl (C=O) groups is 1. The molecule has 0 atom stereocenters. The summed E-state index contributed by atoms with van der Waals surface area (Å²) in [4.78, 5) is 13.5. The average molecular weight is 349 g/mol. The summed E-state index contributed by atoms with van der Waals surface area (Å²) in [5.41, 5.74) is 16.0. The number of fused-ring (bicyclic) bond motifs is 1. The number of anilines is 2. The minimum absolute atomic E-state index is 0.0237. The molecule has 3 aromatic rings. The normalized spacial score (nSPS) is 10.8. The van der Waals surface area contributed by atoms with E-state index in [0.717, 1.165) is 35.7 Å². The summed E-state index contributed by atoms with van der Waals surface area (Å²) in [6, 6.07) is 14.4.